The molecule has 164 valence electrons. The molecule has 0 spiro atoms. The van der Waals surface area contributed by atoms with Gasteiger partial charge in [-0.15, -0.1) is 0 Å². The van der Waals surface area contributed by atoms with Crippen LogP contribution in [0.2, 0.25) is 0 Å². The van der Waals surface area contributed by atoms with Crippen LogP contribution in [0.15, 0.2) is 66.9 Å². The van der Waals surface area contributed by atoms with Gasteiger partial charge < -0.3 is 5.32 Å². The van der Waals surface area contributed by atoms with Gasteiger partial charge in [-0.05, 0) is 42.0 Å². The molecule has 0 atom stereocenters. The third-order valence-electron chi connectivity index (χ3n) is 5.58. The van der Waals surface area contributed by atoms with Gasteiger partial charge >= 0.3 is 0 Å². The normalized spacial score (nSPS) is 11.6. The second-order valence-electron chi connectivity index (χ2n) is 9.18. The molecule has 0 aliphatic carbocycles. The van der Waals surface area contributed by atoms with Crippen LogP contribution in [0.3, 0.4) is 0 Å². The number of nitrogens with one attached hydrogen (secondary N) is 1. The molecular weight excluding hydrogens is 396 g/mol. The van der Waals surface area contributed by atoms with Gasteiger partial charge in [0.1, 0.15) is 11.5 Å². The third kappa shape index (κ3) is 4.57. The lowest BCUT2D eigenvalue weighted by atomic mass is 9.92. The minimum Gasteiger partial charge on any atom is -0.305 e. The van der Waals surface area contributed by atoms with Gasteiger partial charge in [0, 0.05) is 23.1 Å². The second kappa shape index (κ2) is 8.95. The Bertz CT molecular complexity index is 1240. The number of nitrogens with zero attached hydrogens (tertiary/aromatic N) is 3. The van der Waals surface area contributed by atoms with Crippen LogP contribution < -0.4 is 5.32 Å². The average Bonchev–Trinajstić information content (AvgIpc) is 3.22. The van der Waals surface area contributed by atoms with Crippen molar-refractivity contribution in [3.8, 4) is 5.69 Å². The van der Waals surface area contributed by atoms with Crippen molar-refractivity contribution < 1.29 is 4.79 Å². The monoisotopic (exact) mass is 426 g/mol. The molecule has 4 aromatic rings. The van der Waals surface area contributed by atoms with E-state index < -0.39 is 0 Å². The van der Waals surface area contributed by atoms with Gasteiger partial charge in [-0.2, -0.15) is 5.10 Å². The summed E-state index contributed by atoms with van der Waals surface area (Å²) in [6.45, 7) is 8.56. The zero-order chi connectivity index (χ0) is 22.7. The first-order chi connectivity index (χ1) is 15.4. The van der Waals surface area contributed by atoms with Gasteiger partial charge in [-0.1, -0.05) is 70.5 Å². The summed E-state index contributed by atoms with van der Waals surface area (Å²) in [5, 5.41) is 9.75. The van der Waals surface area contributed by atoms with Gasteiger partial charge in [-0.25, -0.2) is 4.68 Å². The number of carbonyl (C=O) groups is 1. The highest BCUT2D eigenvalue weighted by atomic mass is 16.2. The quantitative estimate of drug-likeness (QED) is 0.393. The van der Waals surface area contributed by atoms with Crippen molar-refractivity contribution in [2.75, 3.05) is 5.32 Å². The summed E-state index contributed by atoms with van der Waals surface area (Å²) >= 11 is 0. The van der Waals surface area contributed by atoms with Crippen molar-refractivity contribution in [3.05, 3.63) is 83.8 Å². The minimum absolute atomic E-state index is 0.151. The molecule has 1 amide bonds. The molecule has 5 heteroatoms. The number of aryl methyl sites for hydroxylation is 1. The van der Waals surface area contributed by atoms with Gasteiger partial charge in [0.15, 0.2) is 0 Å². The second-order valence-corrected chi connectivity index (χ2v) is 9.18. The number of aromatic nitrogens is 3. The molecule has 4 rings (SSSR count). The Hall–Kier alpha value is -3.47. The van der Waals surface area contributed by atoms with Crippen LogP contribution in [0, 0.1) is 0 Å². The lowest BCUT2D eigenvalue weighted by Gasteiger charge is -2.14. The molecule has 1 N–H and O–H groups in total. The summed E-state index contributed by atoms with van der Waals surface area (Å²) in [6, 6.07) is 20.0. The zero-order valence-corrected chi connectivity index (χ0v) is 19.2. The first kappa shape index (κ1) is 21.8. The van der Waals surface area contributed by atoms with Crippen LogP contribution in [-0.2, 0) is 11.8 Å². The summed E-state index contributed by atoms with van der Waals surface area (Å²) in [6.07, 6.45) is 5.00. The first-order valence-corrected chi connectivity index (χ1v) is 11.2. The van der Waals surface area contributed by atoms with E-state index in [9.17, 15) is 4.79 Å². The molecule has 0 bridgehead atoms. The summed E-state index contributed by atoms with van der Waals surface area (Å²) in [7, 11) is 0. The van der Waals surface area contributed by atoms with E-state index in [-0.39, 0.29) is 11.3 Å². The number of amides is 1. The maximum Gasteiger partial charge on any atom is 0.276 e. The Morgan fingerprint density at radius 3 is 2.62 bits per heavy atom. The molecule has 2 aromatic heterocycles. The zero-order valence-electron chi connectivity index (χ0n) is 19.2. The summed E-state index contributed by atoms with van der Waals surface area (Å²) in [5.41, 5.74) is 3.38. The van der Waals surface area contributed by atoms with Crippen molar-refractivity contribution in [2.45, 2.75) is 52.4 Å². The standard InChI is InChI=1S/C27H30N4O/c1-5-6-10-19-11-9-13-21(17-19)31-24(18-23(30-31)27(2,3)4)29-26(32)25-22-14-8-7-12-20(22)15-16-28-25/h7-9,11-18H,5-6,10H2,1-4H3,(H,29,32). The Labute approximate surface area is 189 Å². The number of pyridine rings is 1. The minimum atomic E-state index is -0.245. The van der Waals surface area contributed by atoms with E-state index in [4.69, 9.17) is 5.10 Å². The smallest absolute Gasteiger partial charge is 0.276 e. The highest BCUT2D eigenvalue weighted by molar-refractivity contribution is 6.11. The van der Waals surface area contributed by atoms with Gasteiger partial charge in [0.25, 0.3) is 5.91 Å². The molecule has 0 fully saturated rings. The summed E-state index contributed by atoms with van der Waals surface area (Å²) < 4.78 is 1.83. The number of unbranched alkanes of at least 4 members (excludes halogenated alkanes) is 1. The predicted octanol–water partition coefficient (Wildman–Crippen LogP) is 6.31. The Morgan fingerprint density at radius 1 is 1.03 bits per heavy atom. The molecule has 32 heavy (non-hydrogen) atoms. The third-order valence-corrected chi connectivity index (χ3v) is 5.58. The molecule has 0 aliphatic heterocycles. The molecule has 2 heterocycles. The number of anilines is 1. The molecule has 0 unspecified atom stereocenters. The van der Waals surface area contributed by atoms with Gasteiger partial charge in [-0.3, -0.25) is 9.78 Å². The number of rotatable bonds is 6. The number of hydrogen-bond acceptors (Lipinski definition) is 3. The van der Waals surface area contributed by atoms with E-state index in [0.717, 1.165) is 41.4 Å². The van der Waals surface area contributed by atoms with Crippen LogP contribution in [0.4, 0.5) is 5.82 Å². The maximum absolute atomic E-state index is 13.3. The Kier molecular flexibility index (Phi) is 6.08. The molecule has 0 saturated carbocycles. The fourth-order valence-electron chi connectivity index (χ4n) is 3.73. The van der Waals surface area contributed by atoms with Crippen LogP contribution >= 0.6 is 0 Å². The number of hydrogen-bond donors (Lipinski definition) is 1. The molecule has 0 saturated heterocycles. The van der Waals surface area contributed by atoms with E-state index in [2.05, 4.69) is 56.2 Å². The fourth-order valence-corrected chi connectivity index (χ4v) is 3.73. The molecule has 0 radical (unpaired) electrons. The van der Waals surface area contributed by atoms with Crippen molar-refractivity contribution in [2.24, 2.45) is 0 Å². The lowest BCUT2D eigenvalue weighted by molar-refractivity contribution is 0.102. The van der Waals surface area contributed by atoms with E-state index in [0.29, 0.717) is 11.5 Å². The van der Waals surface area contributed by atoms with Gasteiger partial charge in [0.05, 0.1) is 11.4 Å². The predicted molar refractivity (Wildman–Crippen MR) is 131 cm³/mol. The molecular formula is C27H30N4O. The van der Waals surface area contributed by atoms with Crippen LogP contribution in [-0.4, -0.2) is 20.7 Å². The average molecular weight is 427 g/mol. The highest BCUT2D eigenvalue weighted by Crippen LogP contribution is 2.27. The van der Waals surface area contributed by atoms with E-state index >= 15 is 0 Å². The molecule has 0 aliphatic rings. The SMILES string of the molecule is CCCCc1cccc(-n2nc(C(C)(C)C)cc2NC(=O)c2nccc3ccccc23)c1. The van der Waals surface area contributed by atoms with E-state index in [1.165, 1.54) is 5.56 Å². The van der Waals surface area contributed by atoms with Crippen molar-refractivity contribution in [1.29, 1.82) is 0 Å². The van der Waals surface area contributed by atoms with Crippen molar-refractivity contribution >= 4 is 22.5 Å². The Morgan fingerprint density at radius 2 is 1.84 bits per heavy atom. The first-order valence-electron chi connectivity index (χ1n) is 11.2. The van der Waals surface area contributed by atoms with Gasteiger partial charge in [0.2, 0.25) is 0 Å². The summed E-state index contributed by atoms with van der Waals surface area (Å²) in [4.78, 5) is 17.6. The largest absolute Gasteiger partial charge is 0.305 e. The van der Waals surface area contributed by atoms with E-state index in [1.54, 1.807) is 6.20 Å². The van der Waals surface area contributed by atoms with Crippen molar-refractivity contribution in [3.63, 3.8) is 0 Å². The number of fused-ring (bicyclic) bond motifs is 1. The van der Waals surface area contributed by atoms with Crippen molar-refractivity contribution in [1.82, 2.24) is 14.8 Å². The lowest BCUT2D eigenvalue weighted by Crippen LogP contribution is -2.17. The van der Waals surface area contributed by atoms with Crippen LogP contribution in [0.1, 0.15) is 62.3 Å². The summed E-state index contributed by atoms with van der Waals surface area (Å²) in [5.74, 6) is 0.396. The maximum atomic E-state index is 13.3. The highest BCUT2D eigenvalue weighted by Gasteiger charge is 2.22. The number of benzene rings is 2. The fraction of sp³-hybridized carbons (Fsp3) is 0.296. The van der Waals surface area contributed by atoms with Crippen LogP contribution in [0.25, 0.3) is 16.5 Å². The molecule has 5 nitrogen and oxygen atoms in total. The van der Waals surface area contributed by atoms with E-state index in [1.807, 2.05) is 47.1 Å². The topological polar surface area (TPSA) is 59.8 Å². The molecule has 2 aromatic carbocycles. The Balaban J connectivity index is 1.74. The van der Waals surface area contributed by atoms with Crippen LogP contribution in [0.5, 0.6) is 0 Å². The number of carbonyl (C=O) groups excluding carboxylic acids is 1.